The Morgan fingerprint density at radius 3 is 3.00 bits per heavy atom. The summed E-state index contributed by atoms with van der Waals surface area (Å²) < 4.78 is 10.6. The zero-order valence-corrected chi connectivity index (χ0v) is 11.4. The number of cyclic esters (lactones) is 1. The Morgan fingerprint density at radius 1 is 1.53 bits per heavy atom. The van der Waals surface area contributed by atoms with E-state index in [2.05, 4.69) is 0 Å². The van der Waals surface area contributed by atoms with E-state index in [1.807, 2.05) is 12.1 Å². The average Bonchev–Trinajstić information content (AvgIpc) is 2.37. The average molecular weight is 264 g/mol. The Kier molecular flexibility index (Phi) is 4.43. The molecule has 104 valence electrons. The lowest BCUT2D eigenvalue weighted by Crippen LogP contribution is -2.28. The van der Waals surface area contributed by atoms with E-state index >= 15 is 0 Å². The number of aliphatic hydroxyl groups is 1. The molecule has 19 heavy (non-hydrogen) atoms. The molecule has 0 aliphatic carbocycles. The second-order valence-electron chi connectivity index (χ2n) is 5.01. The SMILES string of the molecule is COc1cccc2c1C(=O)O[C@H](CCC[C@H](C)O)C2. The summed E-state index contributed by atoms with van der Waals surface area (Å²) in [4.78, 5) is 12.0. The number of carbonyl (C=O) groups excluding carboxylic acids is 1. The minimum Gasteiger partial charge on any atom is -0.496 e. The van der Waals surface area contributed by atoms with E-state index < -0.39 is 0 Å². The molecule has 0 spiro atoms. The summed E-state index contributed by atoms with van der Waals surface area (Å²) in [5, 5.41) is 9.24. The van der Waals surface area contributed by atoms with Crippen LogP contribution >= 0.6 is 0 Å². The van der Waals surface area contributed by atoms with Gasteiger partial charge < -0.3 is 14.6 Å². The van der Waals surface area contributed by atoms with Gasteiger partial charge in [-0.1, -0.05) is 12.1 Å². The van der Waals surface area contributed by atoms with Crippen LogP contribution in [0.3, 0.4) is 0 Å². The number of hydrogen-bond donors (Lipinski definition) is 1. The molecule has 0 amide bonds. The number of aliphatic hydroxyl groups excluding tert-OH is 1. The van der Waals surface area contributed by atoms with Crippen molar-refractivity contribution in [1.29, 1.82) is 0 Å². The Bertz CT molecular complexity index is 453. The number of hydrogen-bond acceptors (Lipinski definition) is 4. The molecule has 1 N–H and O–H groups in total. The molecule has 4 nitrogen and oxygen atoms in total. The maximum Gasteiger partial charge on any atom is 0.342 e. The Morgan fingerprint density at radius 2 is 2.32 bits per heavy atom. The van der Waals surface area contributed by atoms with E-state index in [0.29, 0.717) is 11.3 Å². The van der Waals surface area contributed by atoms with Crippen molar-refractivity contribution in [3.63, 3.8) is 0 Å². The van der Waals surface area contributed by atoms with Gasteiger partial charge in [-0.15, -0.1) is 0 Å². The largest absolute Gasteiger partial charge is 0.496 e. The standard InChI is InChI=1S/C15H20O4/c1-10(16)5-3-7-12-9-11-6-4-8-13(18-2)14(11)15(17)19-12/h4,6,8,10,12,16H,3,5,7,9H2,1-2H3/t10-,12+/m0/s1. The van der Waals surface area contributed by atoms with Crippen LogP contribution in [0.25, 0.3) is 0 Å². The first kappa shape index (κ1) is 13.9. The van der Waals surface area contributed by atoms with Crippen molar-refractivity contribution in [1.82, 2.24) is 0 Å². The predicted molar refractivity (Wildman–Crippen MR) is 71.4 cm³/mol. The maximum atomic E-state index is 12.0. The van der Waals surface area contributed by atoms with Gasteiger partial charge in [-0.05, 0) is 37.8 Å². The van der Waals surface area contributed by atoms with Crippen LogP contribution in [-0.2, 0) is 11.2 Å². The number of fused-ring (bicyclic) bond motifs is 1. The van der Waals surface area contributed by atoms with Gasteiger partial charge in [-0.25, -0.2) is 4.79 Å². The van der Waals surface area contributed by atoms with Crippen molar-refractivity contribution >= 4 is 5.97 Å². The van der Waals surface area contributed by atoms with Crippen LogP contribution in [-0.4, -0.2) is 30.4 Å². The monoisotopic (exact) mass is 264 g/mol. The smallest absolute Gasteiger partial charge is 0.342 e. The summed E-state index contributed by atoms with van der Waals surface area (Å²) >= 11 is 0. The number of rotatable bonds is 5. The van der Waals surface area contributed by atoms with Gasteiger partial charge in [-0.2, -0.15) is 0 Å². The van der Waals surface area contributed by atoms with Crippen LogP contribution in [0.1, 0.15) is 42.1 Å². The lowest BCUT2D eigenvalue weighted by Gasteiger charge is -2.25. The minimum atomic E-state index is -0.305. The summed E-state index contributed by atoms with van der Waals surface area (Å²) in [5.41, 5.74) is 1.54. The highest BCUT2D eigenvalue weighted by Gasteiger charge is 2.28. The molecule has 2 rings (SSSR count). The van der Waals surface area contributed by atoms with Crippen molar-refractivity contribution in [3.8, 4) is 5.75 Å². The van der Waals surface area contributed by atoms with Crippen LogP contribution in [0.4, 0.5) is 0 Å². The van der Waals surface area contributed by atoms with Crippen LogP contribution in [0.15, 0.2) is 18.2 Å². The third kappa shape index (κ3) is 3.26. The topological polar surface area (TPSA) is 55.8 Å². The molecule has 2 atom stereocenters. The maximum absolute atomic E-state index is 12.0. The highest BCUT2D eigenvalue weighted by Crippen LogP contribution is 2.30. The molecule has 4 heteroatoms. The first-order chi connectivity index (χ1) is 9.11. The fourth-order valence-electron chi connectivity index (χ4n) is 2.45. The third-order valence-corrected chi connectivity index (χ3v) is 3.41. The molecule has 1 aliphatic rings. The molecule has 0 saturated carbocycles. The second-order valence-corrected chi connectivity index (χ2v) is 5.01. The van der Waals surface area contributed by atoms with E-state index in [4.69, 9.17) is 9.47 Å². The van der Waals surface area contributed by atoms with E-state index in [0.717, 1.165) is 31.2 Å². The molecule has 1 aliphatic heterocycles. The van der Waals surface area contributed by atoms with E-state index in [1.54, 1.807) is 20.1 Å². The van der Waals surface area contributed by atoms with E-state index in [-0.39, 0.29) is 18.2 Å². The molecule has 0 unspecified atom stereocenters. The quantitative estimate of drug-likeness (QED) is 0.829. The molecule has 1 aromatic rings. The first-order valence-corrected chi connectivity index (χ1v) is 6.66. The molecule has 1 heterocycles. The molecule has 1 aromatic carbocycles. The molecular weight excluding hydrogens is 244 g/mol. The van der Waals surface area contributed by atoms with E-state index in [1.165, 1.54) is 0 Å². The number of benzene rings is 1. The third-order valence-electron chi connectivity index (χ3n) is 3.41. The van der Waals surface area contributed by atoms with Crippen molar-refractivity contribution in [3.05, 3.63) is 29.3 Å². The normalized spacial score (nSPS) is 19.5. The summed E-state index contributed by atoms with van der Waals surface area (Å²) in [7, 11) is 1.55. The van der Waals surface area contributed by atoms with Gasteiger partial charge in [0.1, 0.15) is 17.4 Å². The number of methoxy groups -OCH3 is 1. The molecule has 0 fully saturated rings. The summed E-state index contributed by atoms with van der Waals surface area (Å²) in [6, 6.07) is 5.61. The van der Waals surface area contributed by atoms with Crippen LogP contribution in [0.2, 0.25) is 0 Å². The lowest BCUT2D eigenvalue weighted by atomic mass is 9.95. The van der Waals surface area contributed by atoms with Gasteiger partial charge in [0, 0.05) is 6.42 Å². The van der Waals surface area contributed by atoms with Gasteiger partial charge in [-0.3, -0.25) is 0 Å². The van der Waals surface area contributed by atoms with Crippen molar-refractivity contribution in [2.75, 3.05) is 7.11 Å². The number of esters is 1. The number of ether oxygens (including phenoxy) is 2. The predicted octanol–water partition coefficient (Wildman–Crippen LogP) is 2.33. The Labute approximate surface area is 113 Å². The van der Waals surface area contributed by atoms with Gasteiger partial charge >= 0.3 is 5.97 Å². The van der Waals surface area contributed by atoms with Crippen LogP contribution in [0.5, 0.6) is 5.75 Å². The summed E-state index contributed by atoms with van der Waals surface area (Å²) in [6.45, 7) is 1.77. The fraction of sp³-hybridized carbons (Fsp3) is 0.533. The number of carbonyl (C=O) groups is 1. The summed E-state index contributed by atoms with van der Waals surface area (Å²) in [5.74, 6) is 0.269. The van der Waals surface area contributed by atoms with Crippen LogP contribution < -0.4 is 4.74 Å². The minimum absolute atomic E-state index is 0.0918. The molecular formula is C15H20O4. The molecule has 0 saturated heterocycles. The highest BCUT2D eigenvalue weighted by molar-refractivity contribution is 5.95. The summed E-state index contributed by atoms with van der Waals surface area (Å²) in [6.07, 6.45) is 2.71. The Balaban J connectivity index is 2.06. The van der Waals surface area contributed by atoms with Gasteiger partial charge in [0.05, 0.1) is 13.2 Å². The Hall–Kier alpha value is -1.55. The first-order valence-electron chi connectivity index (χ1n) is 6.66. The molecule has 0 radical (unpaired) electrons. The van der Waals surface area contributed by atoms with Gasteiger partial charge in [0.25, 0.3) is 0 Å². The van der Waals surface area contributed by atoms with E-state index in [9.17, 15) is 9.90 Å². The molecule has 0 bridgehead atoms. The second kappa shape index (κ2) is 6.06. The fourth-order valence-corrected chi connectivity index (χ4v) is 2.45. The zero-order chi connectivity index (χ0) is 13.8. The van der Waals surface area contributed by atoms with Crippen molar-refractivity contribution in [2.24, 2.45) is 0 Å². The van der Waals surface area contributed by atoms with Gasteiger partial charge in [0.15, 0.2) is 0 Å². The highest BCUT2D eigenvalue weighted by atomic mass is 16.5. The van der Waals surface area contributed by atoms with Crippen molar-refractivity contribution in [2.45, 2.75) is 44.8 Å². The van der Waals surface area contributed by atoms with Crippen molar-refractivity contribution < 1.29 is 19.4 Å². The van der Waals surface area contributed by atoms with Crippen LogP contribution in [0, 0.1) is 0 Å². The van der Waals surface area contributed by atoms with Gasteiger partial charge in [0.2, 0.25) is 0 Å². The zero-order valence-electron chi connectivity index (χ0n) is 11.4. The lowest BCUT2D eigenvalue weighted by molar-refractivity contribution is 0.0220. The molecule has 0 aromatic heterocycles.